The van der Waals surface area contributed by atoms with Gasteiger partial charge in [0.05, 0.1) is 37.5 Å². The number of pyridine rings is 1. The van der Waals surface area contributed by atoms with Crippen molar-refractivity contribution in [2.75, 3.05) is 15.5 Å². The highest BCUT2D eigenvalue weighted by molar-refractivity contribution is 7.22. The van der Waals surface area contributed by atoms with Crippen LogP contribution in [0, 0.1) is 52.9 Å². The number of aromatic nitrogens is 5. The third-order valence-corrected chi connectivity index (χ3v) is 12.2. The Hall–Kier alpha value is -6.82. The summed E-state index contributed by atoms with van der Waals surface area (Å²) in [5.74, 6) is 0.715. The van der Waals surface area contributed by atoms with E-state index < -0.39 is 5.41 Å². The van der Waals surface area contributed by atoms with Crippen molar-refractivity contribution in [1.29, 1.82) is 5.26 Å². The zero-order valence-electron chi connectivity index (χ0n) is 35.8. The van der Waals surface area contributed by atoms with Crippen LogP contribution in [0.1, 0.15) is 72.3 Å². The minimum atomic E-state index is -0.509. The van der Waals surface area contributed by atoms with Crippen LogP contribution in [0.25, 0.3) is 25.6 Å². The predicted octanol–water partition coefficient (Wildman–Crippen LogP) is 13.1. The molecule has 306 valence electrons. The molecule has 0 radical (unpaired) electrons. The van der Waals surface area contributed by atoms with Gasteiger partial charge < -0.3 is 10.6 Å². The van der Waals surface area contributed by atoms with E-state index in [0.717, 1.165) is 65.2 Å². The van der Waals surface area contributed by atoms with Gasteiger partial charge in [0.15, 0.2) is 22.5 Å². The van der Waals surface area contributed by atoms with Crippen LogP contribution in [-0.2, 0) is 10.2 Å². The molecule has 0 aliphatic heterocycles. The SMILES string of the molecule is CC(=O)Nc1cc(N(c2nc3ccccc3s2)c2c(C)cc(C)cc2C)nc(Nc2c(C)cc(C)cc2C)c1N=Nc1c(C#N)c(C(C)(C)C)nn1-c1nc2ccccc2s1. The molecule has 0 saturated heterocycles. The first kappa shape index (κ1) is 40.9. The number of anilines is 6. The molecule has 4 aromatic heterocycles. The van der Waals surface area contributed by atoms with Gasteiger partial charge in [-0.2, -0.15) is 15.0 Å². The minimum absolute atomic E-state index is 0.208. The van der Waals surface area contributed by atoms with E-state index >= 15 is 0 Å². The van der Waals surface area contributed by atoms with Gasteiger partial charge in [0.25, 0.3) is 0 Å². The van der Waals surface area contributed by atoms with Gasteiger partial charge in [-0.15, -0.1) is 10.2 Å². The molecule has 0 saturated carbocycles. The molecule has 8 rings (SSSR count). The normalized spacial score (nSPS) is 11.8. The lowest BCUT2D eigenvalue weighted by Gasteiger charge is -2.27. The maximum atomic E-state index is 13.2. The summed E-state index contributed by atoms with van der Waals surface area (Å²) in [6.45, 7) is 19.8. The Morgan fingerprint density at radius 2 is 1.38 bits per heavy atom. The van der Waals surface area contributed by atoms with Crippen LogP contribution in [0.5, 0.6) is 0 Å². The van der Waals surface area contributed by atoms with Gasteiger partial charge in [0, 0.05) is 24.1 Å². The van der Waals surface area contributed by atoms with Crippen LogP contribution in [0.2, 0.25) is 0 Å². The number of amides is 1. The Balaban J connectivity index is 1.41. The van der Waals surface area contributed by atoms with E-state index in [1.54, 1.807) is 22.1 Å². The Morgan fingerprint density at radius 3 is 1.95 bits per heavy atom. The van der Waals surface area contributed by atoms with Crippen molar-refractivity contribution in [2.45, 2.75) is 74.7 Å². The molecule has 1 amide bonds. The maximum Gasteiger partial charge on any atom is 0.221 e. The van der Waals surface area contributed by atoms with E-state index in [4.69, 9.17) is 30.3 Å². The van der Waals surface area contributed by atoms with Crippen LogP contribution in [0.4, 0.5) is 45.3 Å². The third-order valence-electron chi connectivity index (χ3n) is 10.2. The average molecular weight is 844 g/mol. The number of carbonyl (C=O) groups is 1. The van der Waals surface area contributed by atoms with Gasteiger partial charge in [-0.1, -0.05) is 103 Å². The molecule has 4 heterocycles. The van der Waals surface area contributed by atoms with Gasteiger partial charge >= 0.3 is 0 Å². The monoisotopic (exact) mass is 843 g/mol. The quantitative estimate of drug-likeness (QED) is 0.136. The summed E-state index contributed by atoms with van der Waals surface area (Å²) in [5, 5.41) is 33.2. The molecule has 0 aliphatic carbocycles. The Bertz CT molecular complexity index is 2990. The highest BCUT2D eigenvalue weighted by Crippen LogP contribution is 2.47. The molecular weight excluding hydrogens is 799 g/mol. The smallest absolute Gasteiger partial charge is 0.221 e. The van der Waals surface area contributed by atoms with Crippen molar-refractivity contribution in [2.24, 2.45) is 10.2 Å². The third kappa shape index (κ3) is 7.97. The highest BCUT2D eigenvalue weighted by atomic mass is 32.1. The number of nitriles is 1. The Kier molecular flexibility index (Phi) is 10.7. The topological polar surface area (TPSA) is 149 Å². The fourth-order valence-electron chi connectivity index (χ4n) is 7.71. The van der Waals surface area contributed by atoms with Crippen LogP contribution < -0.4 is 15.5 Å². The molecule has 12 nitrogen and oxygen atoms in total. The van der Waals surface area contributed by atoms with Crippen molar-refractivity contribution in [3.63, 3.8) is 0 Å². The lowest BCUT2D eigenvalue weighted by atomic mass is 9.90. The number of hydrogen-bond donors (Lipinski definition) is 2. The molecule has 0 atom stereocenters. The molecule has 0 bridgehead atoms. The van der Waals surface area contributed by atoms with Gasteiger partial charge in [0.2, 0.25) is 11.0 Å². The van der Waals surface area contributed by atoms with Gasteiger partial charge in [0.1, 0.15) is 17.5 Å². The number of carbonyl (C=O) groups excluding carboxylic acids is 1. The standard InChI is InChI=1S/C47H45N11OS2/c1-25-19-27(3)39(28(4)20-25)53-43-40(54-55-44-32(24-48)42(47(8,9)10)56-58(44)46-51-34-16-12-14-18-37(34)61-46)35(49-31(7)59)23-38(52-43)57(41-29(5)21-26(2)22-30(41)6)45-50-33-15-11-13-17-36(33)60-45/h11-23H,1-10H3,(H2,49,52,53,59). The van der Waals surface area contributed by atoms with E-state index in [0.29, 0.717) is 33.3 Å². The van der Waals surface area contributed by atoms with Crippen molar-refractivity contribution < 1.29 is 4.79 Å². The minimum Gasteiger partial charge on any atom is -0.338 e. The van der Waals surface area contributed by atoms with E-state index in [9.17, 15) is 10.1 Å². The molecule has 0 unspecified atom stereocenters. The fourth-order valence-corrected chi connectivity index (χ4v) is 9.61. The second kappa shape index (κ2) is 16.0. The zero-order chi connectivity index (χ0) is 43.3. The predicted molar refractivity (Wildman–Crippen MR) is 249 cm³/mol. The first-order chi connectivity index (χ1) is 29.1. The number of fused-ring (bicyclic) bond motifs is 2. The number of nitrogens with zero attached hydrogens (tertiary/aromatic N) is 9. The van der Waals surface area contributed by atoms with E-state index in [-0.39, 0.29) is 23.0 Å². The fraction of sp³-hybridized carbons (Fsp3) is 0.234. The molecule has 14 heteroatoms. The van der Waals surface area contributed by atoms with Gasteiger partial charge in [-0.25, -0.2) is 15.0 Å². The second-order valence-corrected chi connectivity index (χ2v) is 18.4. The summed E-state index contributed by atoms with van der Waals surface area (Å²) >= 11 is 3.00. The molecule has 0 fully saturated rings. The Morgan fingerprint density at radius 1 is 0.787 bits per heavy atom. The number of benzene rings is 4. The van der Waals surface area contributed by atoms with Crippen molar-refractivity contribution >= 4 is 94.3 Å². The van der Waals surface area contributed by atoms with Crippen LogP contribution in [0.15, 0.2) is 89.1 Å². The van der Waals surface area contributed by atoms with Crippen molar-refractivity contribution in [3.05, 3.63) is 124 Å². The number of azo groups is 1. The van der Waals surface area contributed by atoms with Crippen LogP contribution in [0.3, 0.4) is 0 Å². The van der Waals surface area contributed by atoms with Gasteiger partial charge in [-0.05, 0) is 88.1 Å². The summed E-state index contributed by atoms with van der Waals surface area (Å²) in [4.78, 5) is 30.6. The molecule has 4 aromatic carbocycles. The molecule has 0 aliphatic rings. The molecule has 8 aromatic rings. The van der Waals surface area contributed by atoms with E-state index in [1.165, 1.54) is 18.3 Å². The summed E-state index contributed by atoms with van der Waals surface area (Å²) in [6.07, 6.45) is 0. The molecule has 0 spiro atoms. The maximum absolute atomic E-state index is 13.2. The number of nitrogens with one attached hydrogen (secondary N) is 2. The second-order valence-electron chi connectivity index (χ2n) is 16.3. The number of para-hydroxylation sites is 2. The number of aryl methyl sites for hydroxylation is 6. The lowest BCUT2D eigenvalue weighted by Crippen LogP contribution is -2.16. The van der Waals surface area contributed by atoms with E-state index in [1.807, 2.05) is 82.0 Å². The first-order valence-corrected chi connectivity index (χ1v) is 21.4. The zero-order valence-corrected chi connectivity index (χ0v) is 37.4. The highest BCUT2D eigenvalue weighted by Gasteiger charge is 2.30. The number of hydrogen-bond acceptors (Lipinski definition) is 12. The van der Waals surface area contributed by atoms with Crippen LogP contribution in [-0.4, -0.2) is 30.6 Å². The Labute approximate surface area is 362 Å². The van der Waals surface area contributed by atoms with Crippen molar-refractivity contribution in [3.8, 4) is 11.2 Å². The van der Waals surface area contributed by atoms with Crippen LogP contribution >= 0.6 is 22.7 Å². The molecule has 2 N–H and O–H groups in total. The summed E-state index contributed by atoms with van der Waals surface area (Å²) in [5.41, 5.74) is 10.6. The number of rotatable bonds is 9. The lowest BCUT2D eigenvalue weighted by molar-refractivity contribution is -0.114. The molecular formula is C47H45N11OS2. The summed E-state index contributed by atoms with van der Waals surface area (Å²) < 4.78 is 3.58. The molecule has 61 heavy (non-hydrogen) atoms. The number of thiazole rings is 2. The summed E-state index contributed by atoms with van der Waals surface area (Å²) in [7, 11) is 0. The first-order valence-electron chi connectivity index (χ1n) is 19.8. The van der Waals surface area contributed by atoms with Crippen molar-refractivity contribution in [1.82, 2.24) is 24.7 Å². The largest absolute Gasteiger partial charge is 0.338 e. The summed E-state index contributed by atoms with van der Waals surface area (Å²) in [6, 6.07) is 28.5. The average Bonchev–Trinajstić information content (AvgIpc) is 3.91. The van der Waals surface area contributed by atoms with E-state index in [2.05, 4.69) is 74.7 Å². The van der Waals surface area contributed by atoms with Gasteiger partial charge in [-0.3, -0.25) is 9.69 Å².